The molecule has 0 saturated carbocycles. The van der Waals surface area contributed by atoms with Gasteiger partial charge in [0.2, 0.25) is 0 Å². The van der Waals surface area contributed by atoms with Crippen LogP contribution in [-0.2, 0) is 0 Å². The summed E-state index contributed by atoms with van der Waals surface area (Å²) < 4.78 is 0. The molecule has 0 saturated heterocycles. The number of aromatic nitrogens is 2. The van der Waals surface area contributed by atoms with Crippen LogP contribution in [0, 0.1) is 6.92 Å². The lowest BCUT2D eigenvalue weighted by atomic mass is 10.2. The maximum Gasteiger partial charge on any atom is 0.337 e. The van der Waals surface area contributed by atoms with E-state index in [4.69, 9.17) is 5.11 Å². The van der Waals surface area contributed by atoms with E-state index >= 15 is 0 Å². The van der Waals surface area contributed by atoms with Crippen molar-refractivity contribution in [2.75, 3.05) is 5.32 Å². The number of hydrogen-bond donors (Lipinski definition) is 2. The van der Waals surface area contributed by atoms with Crippen LogP contribution in [0.2, 0.25) is 0 Å². The molecule has 2 heterocycles. The number of nitrogens with zero attached hydrogens (tertiary/aromatic N) is 2. The Morgan fingerprint density at radius 1 is 1.16 bits per heavy atom. The Morgan fingerprint density at radius 3 is 2.42 bits per heavy atom. The molecular formula is C13H11N3O3. The molecule has 0 aliphatic rings. The zero-order valence-electron chi connectivity index (χ0n) is 10.1. The average Bonchev–Trinajstić information content (AvgIpc) is 2.39. The van der Waals surface area contributed by atoms with Crippen molar-refractivity contribution in [3.05, 3.63) is 53.6 Å². The fourth-order valence-corrected chi connectivity index (χ4v) is 1.54. The van der Waals surface area contributed by atoms with Gasteiger partial charge in [-0.2, -0.15) is 0 Å². The number of hydrogen-bond acceptors (Lipinski definition) is 4. The first-order chi connectivity index (χ1) is 9.08. The van der Waals surface area contributed by atoms with Gasteiger partial charge in [0.25, 0.3) is 5.91 Å². The minimum atomic E-state index is -1.06. The van der Waals surface area contributed by atoms with Crippen LogP contribution in [-0.4, -0.2) is 27.0 Å². The maximum atomic E-state index is 11.9. The monoisotopic (exact) mass is 257 g/mol. The maximum absolute atomic E-state index is 11.9. The molecule has 6 nitrogen and oxygen atoms in total. The van der Waals surface area contributed by atoms with Crippen molar-refractivity contribution in [1.82, 2.24) is 9.97 Å². The Kier molecular flexibility index (Phi) is 3.51. The lowest BCUT2D eigenvalue weighted by molar-refractivity contribution is 0.0695. The van der Waals surface area contributed by atoms with Gasteiger partial charge in [0.1, 0.15) is 5.69 Å². The van der Waals surface area contributed by atoms with Gasteiger partial charge < -0.3 is 10.4 Å². The van der Waals surface area contributed by atoms with Crippen LogP contribution >= 0.6 is 0 Å². The van der Waals surface area contributed by atoms with Gasteiger partial charge >= 0.3 is 5.97 Å². The number of anilines is 1. The van der Waals surface area contributed by atoms with Crippen molar-refractivity contribution in [2.24, 2.45) is 0 Å². The molecule has 2 rings (SSSR count). The van der Waals surface area contributed by atoms with E-state index in [1.54, 1.807) is 31.5 Å². The van der Waals surface area contributed by atoms with Gasteiger partial charge in [-0.3, -0.25) is 9.78 Å². The summed E-state index contributed by atoms with van der Waals surface area (Å²) >= 11 is 0. The van der Waals surface area contributed by atoms with Crippen LogP contribution in [0.3, 0.4) is 0 Å². The third-order valence-corrected chi connectivity index (χ3v) is 2.49. The molecule has 0 bridgehead atoms. The van der Waals surface area contributed by atoms with Crippen molar-refractivity contribution in [1.29, 1.82) is 0 Å². The van der Waals surface area contributed by atoms with Gasteiger partial charge in [-0.25, -0.2) is 9.78 Å². The van der Waals surface area contributed by atoms with Gasteiger partial charge in [-0.1, -0.05) is 0 Å². The summed E-state index contributed by atoms with van der Waals surface area (Å²) in [5, 5.41) is 11.5. The smallest absolute Gasteiger partial charge is 0.337 e. The number of aryl methyl sites for hydroxylation is 1. The van der Waals surface area contributed by atoms with Crippen LogP contribution in [0.4, 0.5) is 5.69 Å². The Morgan fingerprint density at radius 2 is 1.84 bits per heavy atom. The SMILES string of the molecule is Cc1nc(C(=O)Nc2ccncc2)ccc1C(=O)O. The molecule has 19 heavy (non-hydrogen) atoms. The number of nitrogens with one attached hydrogen (secondary N) is 1. The van der Waals surface area contributed by atoms with E-state index in [0.717, 1.165) is 0 Å². The van der Waals surface area contributed by atoms with E-state index in [-0.39, 0.29) is 11.3 Å². The molecule has 2 aromatic heterocycles. The Hall–Kier alpha value is -2.76. The third-order valence-electron chi connectivity index (χ3n) is 2.49. The number of rotatable bonds is 3. The zero-order chi connectivity index (χ0) is 13.8. The summed E-state index contributed by atoms with van der Waals surface area (Å²) in [6, 6.07) is 6.05. The number of carbonyl (C=O) groups excluding carboxylic acids is 1. The van der Waals surface area contributed by atoms with Gasteiger partial charge in [-0.15, -0.1) is 0 Å². The fourth-order valence-electron chi connectivity index (χ4n) is 1.54. The van der Waals surface area contributed by atoms with Crippen LogP contribution < -0.4 is 5.32 Å². The molecule has 0 aromatic carbocycles. The van der Waals surface area contributed by atoms with E-state index in [9.17, 15) is 9.59 Å². The van der Waals surface area contributed by atoms with E-state index in [1.807, 2.05) is 0 Å². The van der Waals surface area contributed by atoms with Crippen LogP contribution in [0.1, 0.15) is 26.5 Å². The molecule has 0 spiro atoms. The largest absolute Gasteiger partial charge is 0.478 e. The summed E-state index contributed by atoms with van der Waals surface area (Å²) in [5.74, 6) is -1.46. The molecule has 0 aliphatic carbocycles. The molecule has 0 aliphatic heterocycles. The number of carboxylic acid groups (broad SMARTS) is 1. The highest BCUT2D eigenvalue weighted by Gasteiger charge is 2.13. The Balaban J connectivity index is 2.21. The standard InChI is InChI=1S/C13H11N3O3/c1-8-10(13(18)19)2-3-11(15-8)12(17)16-9-4-6-14-7-5-9/h2-7H,1H3,(H,18,19)(H,14,16,17). The van der Waals surface area contributed by atoms with Crippen molar-refractivity contribution in [3.63, 3.8) is 0 Å². The average molecular weight is 257 g/mol. The lowest BCUT2D eigenvalue weighted by Crippen LogP contribution is -2.15. The fraction of sp³-hybridized carbons (Fsp3) is 0.0769. The molecule has 0 unspecified atom stereocenters. The second-order valence-corrected chi connectivity index (χ2v) is 3.82. The van der Waals surface area contributed by atoms with E-state index in [1.165, 1.54) is 12.1 Å². The van der Waals surface area contributed by atoms with E-state index < -0.39 is 11.9 Å². The number of aromatic carboxylic acids is 1. The van der Waals surface area contributed by atoms with Crippen LogP contribution in [0.25, 0.3) is 0 Å². The summed E-state index contributed by atoms with van der Waals surface area (Å²) in [6.45, 7) is 1.55. The predicted molar refractivity (Wildman–Crippen MR) is 68.1 cm³/mol. The van der Waals surface area contributed by atoms with Crippen molar-refractivity contribution >= 4 is 17.6 Å². The van der Waals surface area contributed by atoms with E-state index in [2.05, 4.69) is 15.3 Å². The summed E-state index contributed by atoms with van der Waals surface area (Å²) in [7, 11) is 0. The molecule has 2 aromatic rings. The van der Waals surface area contributed by atoms with Crippen LogP contribution in [0.15, 0.2) is 36.7 Å². The summed E-state index contributed by atoms with van der Waals surface area (Å²) in [4.78, 5) is 30.6. The van der Waals surface area contributed by atoms with Crippen molar-refractivity contribution < 1.29 is 14.7 Å². The Labute approximate surface area is 109 Å². The number of carboxylic acids is 1. The van der Waals surface area contributed by atoms with Gasteiger partial charge in [0, 0.05) is 18.1 Å². The summed E-state index contributed by atoms with van der Waals surface area (Å²) in [6.07, 6.45) is 3.11. The minimum absolute atomic E-state index is 0.0838. The number of pyridine rings is 2. The highest BCUT2D eigenvalue weighted by Crippen LogP contribution is 2.10. The van der Waals surface area contributed by atoms with Gasteiger partial charge in [0.15, 0.2) is 0 Å². The quantitative estimate of drug-likeness (QED) is 0.873. The van der Waals surface area contributed by atoms with Crippen molar-refractivity contribution in [3.8, 4) is 0 Å². The normalized spacial score (nSPS) is 9.95. The first-order valence-corrected chi connectivity index (χ1v) is 5.50. The van der Waals surface area contributed by atoms with E-state index in [0.29, 0.717) is 11.4 Å². The first-order valence-electron chi connectivity index (χ1n) is 5.50. The minimum Gasteiger partial charge on any atom is -0.478 e. The molecule has 96 valence electrons. The Bertz CT molecular complexity index is 626. The number of amides is 1. The molecule has 0 radical (unpaired) electrons. The van der Waals surface area contributed by atoms with Crippen molar-refractivity contribution in [2.45, 2.75) is 6.92 Å². The van der Waals surface area contributed by atoms with Gasteiger partial charge in [-0.05, 0) is 31.2 Å². The molecule has 2 N–H and O–H groups in total. The predicted octanol–water partition coefficient (Wildman–Crippen LogP) is 1.74. The lowest BCUT2D eigenvalue weighted by Gasteiger charge is -2.06. The zero-order valence-corrected chi connectivity index (χ0v) is 10.1. The number of carbonyl (C=O) groups is 2. The third kappa shape index (κ3) is 2.92. The second-order valence-electron chi connectivity index (χ2n) is 3.82. The molecule has 1 amide bonds. The molecule has 0 atom stereocenters. The highest BCUT2D eigenvalue weighted by molar-refractivity contribution is 6.03. The molecule has 6 heteroatoms. The molecule has 0 fully saturated rings. The topological polar surface area (TPSA) is 92.2 Å². The summed E-state index contributed by atoms with van der Waals surface area (Å²) in [5.41, 5.74) is 1.15. The van der Waals surface area contributed by atoms with Crippen LogP contribution in [0.5, 0.6) is 0 Å². The molecular weight excluding hydrogens is 246 g/mol. The second kappa shape index (κ2) is 5.26. The highest BCUT2D eigenvalue weighted by atomic mass is 16.4. The first kappa shape index (κ1) is 12.7. The van der Waals surface area contributed by atoms with Gasteiger partial charge in [0.05, 0.1) is 11.3 Å².